The fourth-order valence-electron chi connectivity index (χ4n) is 4.46. The van der Waals surface area contributed by atoms with Gasteiger partial charge in [-0.25, -0.2) is 0 Å². The molecule has 0 radical (unpaired) electrons. The summed E-state index contributed by atoms with van der Waals surface area (Å²) in [5.74, 6) is 1.02. The average Bonchev–Trinajstić information content (AvgIpc) is 3.01. The van der Waals surface area contributed by atoms with Gasteiger partial charge in [0.2, 0.25) is 0 Å². The number of hydrogen-bond acceptors (Lipinski definition) is 0. The molecule has 4 N–H and O–H groups in total. The van der Waals surface area contributed by atoms with Gasteiger partial charge in [-0.1, -0.05) is 48.5 Å². The molecule has 4 aromatic carbocycles. The molecule has 1 aliphatic carbocycles. The highest BCUT2D eigenvalue weighted by atomic mass is 16.3. The number of rotatable bonds is 2. The quantitative estimate of drug-likeness (QED) is 0.405. The predicted octanol–water partition coefficient (Wildman–Crippen LogP) is 4.93. The summed E-state index contributed by atoms with van der Waals surface area (Å²) in [4.78, 5) is 0. The van der Waals surface area contributed by atoms with Gasteiger partial charge in [0.15, 0.2) is 0 Å². The molecule has 0 fully saturated rings. The fraction of sp³-hybridized carbons (Fsp3) is 0.0400. The SMILES string of the molecule is [OH2+]c1ccc(C2(c3ccc([OH2+])cc3)c3ccccc3-c3ccccc32)cc1. The lowest BCUT2D eigenvalue weighted by Gasteiger charge is -2.33. The molecule has 5 rings (SSSR count). The Morgan fingerprint density at radius 1 is 0.444 bits per heavy atom. The maximum Gasteiger partial charge on any atom is 0.253 e. The zero-order valence-corrected chi connectivity index (χ0v) is 14.7. The van der Waals surface area contributed by atoms with Crippen LogP contribution in [0.5, 0.6) is 11.5 Å². The van der Waals surface area contributed by atoms with Crippen molar-refractivity contribution in [3.8, 4) is 22.6 Å². The summed E-state index contributed by atoms with van der Waals surface area (Å²) in [6.07, 6.45) is 0. The summed E-state index contributed by atoms with van der Waals surface area (Å²) in [5, 5.41) is 15.8. The third-order valence-electron chi connectivity index (χ3n) is 5.59. The lowest BCUT2D eigenvalue weighted by molar-refractivity contribution is 0.475. The molecule has 0 aromatic heterocycles. The molecule has 0 amide bonds. The van der Waals surface area contributed by atoms with Crippen LogP contribution >= 0.6 is 0 Å². The van der Waals surface area contributed by atoms with Crippen LogP contribution in [0, 0.1) is 0 Å². The van der Waals surface area contributed by atoms with Crippen molar-refractivity contribution in [1.29, 1.82) is 0 Å². The molecule has 130 valence electrons. The Hall–Kier alpha value is -3.52. The highest BCUT2D eigenvalue weighted by Gasteiger charge is 2.45. The normalized spacial score (nSPS) is 13.8. The monoisotopic (exact) mass is 352 g/mol. The van der Waals surface area contributed by atoms with Gasteiger partial charge in [0.05, 0.1) is 5.41 Å². The van der Waals surface area contributed by atoms with Gasteiger partial charge in [-0.2, -0.15) is 0 Å². The van der Waals surface area contributed by atoms with Gasteiger partial charge < -0.3 is 10.2 Å². The van der Waals surface area contributed by atoms with Crippen molar-refractivity contribution >= 4 is 0 Å². The van der Waals surface area contributed by atoms with Crippen molar-refractivity contribution in [3.63, 3.8) is 0 Å². The highest BCUT2D eigenvalue weighted by Crippen LogP contribution is 2.56. The molecular weight excluding hydrogens is 332 g/mol. The Morgan fingerprint density at radius 3 is 1.22 bits per heavy atom. The van der Waals surface area contributed by atoms with E-state index in [1.807, 2.05) is 24.3 Å². The first-order valence-corrected chi connectivity index (χ1v) is 9.05. The van der Waals surface area contributed by atoms with Gasteiger partial charge in [-0.05, 0) is 57.6 Å². The summed E-state index contributed by atoms with van der Waals surface area (Å²) in [6.45, 7) is 0. The lowest BCUT2D eigenvalue weighted by Crippen LogP contribution is -2.28. The second-order valence-corrected chi connectivity index (χ2v) is 7.00. The van der Waals surface area contributed by atoms with Crippen LogP contribution in [0.4, 0.5) is 0 Å². The topological polar surface area (TPSA) is 45.8 Å². The molecular formula is C25H20O2+2. The van der Waals surface area contributed by atoms with Crippen LogP contribution in [0.25, 0.3) is 11.1 Å². The van der Waals surface area contributed by atoms with Crippen molar-refractivity contribution in [2.24, 2.45) is 0 Å². The standard InChI is InChI=1S/C25H18O2/c26-19-13-9-17(10-14-19)25(18-11-15-20(27)16-12-18)23-7-3-1-5-21(23)22-6-2-4-8-24(22)25/h1-16,26-27H/p+2. The zero-order chi connectivity index (χ0) is 18.4. The predicted molar refractivity (Wildman–Crippen MR) is 110 cm³/mol. The molecule has 1 aliphatic rings. The molecule has 0 bridgehead atoms. The lowest BCUT2D eigenvalue weighted by atomic mass is 9.68. The minimum absolute atomic E-state index is 0.436. The Labute approximate surface area is 158 Å². The number of benzene rings is 4. The Bertz CT molecular complexity index is 1030. The van der Waals surface area contributed by atoms with E-state index in [0.717, 1.165) is 11.1 Å². The third kappa shape index (κ3) is 2.13. The molecule has 0 spiro atoms. The molecule has 0 unspecified atom stereocenters. The summed E-state index contributed by atoms with van der Waals surface area (Å²) in [6, 6.07) is 32.9. The summed E-state index contributed by atoms with van der Waals surface area (Å²) in [7, 11) is 0. The first kappa shape index (κ1) is 15.7. The highest BCUT2D eigenvalue weighted by molar-refractivity contribution is 5.86. The summed E-state index contributed by atoms with van der Waals surface area (Å²) >= 11 is 0. The molecule has 0 aliphatic heterocycles. The summed E-state index contributed by atoms with van der Waals surface area (Å²) in [5.41, 5.74) is 6.86. The maximum absolute atomic E-state index is 7.92. The Balaban J connectivity index is 1.94. The van der Waals surface area contributed by atoms with Crippen molar-refractivity contribution in [1.82, 2.24) is 0 Å². The van der Waals surface area contributed by atoms with Crippen molar-refractivity contribution in [2.45, 2.75) is 5.41 Å². The van der Waals surface area contributed by atoms with Crippen LogP contribution in [0.3, 0.4) is 0 Å². The number of fused-ring (bicyclic) bond motifs is 3. The second-order valence-electron chi connectivity index (χ2n) is 7.00. The maximum atomic E-state index is 7.92. The van der Waals surface area contributed by atoms with Crippen LogP contribution < -0.4 is 0 Å². The van der Waals surface area contributed by atoms with Crippen LogP contribution in [0.15, 0.2) is 97.1 Å². The van der Waals surface area contributed by atoms with Crippen LogP contribution in [0.1, 0.15) is 22.3 Å². The van der Waals surface area contributed by atoms with Crippen LogP contribution in [-0.2, 0) is 5.41 Å². The van der Waals surface area contributed by atoms with Crippen LogP contribution in [-0.4, -0.2) is 10.2 Å². The van der Waals surface area contributed by atoms with E-state index in [1.165, 1.54) is 22.3 Å². The first-order chi connectivity index (χ1) is 13.2. The van der Waals surface area contributed by atoms with Gasteiger partial charge in [0, 0.05) is 24.3 Å². The molecule has 0 atom stereocenters. The molecule has 0 saturated heterocycles. The first-order valence-electron chi connectivity index (χ1n) is 9.05. The van der Waals surface area contributed by atoms with Crippen molar-refractivity contribution in [3.05, 3.63) is 119 Å². The fourth-order valence-corrected chi connectivity index (χ4v) is 4.46. The van der Waals surface area contributed by atoms with E-state index >= 15 is 0 Å². The Morgan fingerprint density at radius 2 is 0.815 bits per heavy atom. The molecule has 2 heteroatoms. The minimum atomic E-state index is -0.436. The molecule has 2 nitrogen and oxygen atoms in total. The molecule has 0 saturated carbocycles. The summed E-state index contributed by atoms with van der Waals surface area (Å²) < 4.78 is 0. The Kier molecular flexibility index (Phi) is 3.34. The smallest absolute Gasteiger partial charge is 0.253 e. The van der Waals surface area contributed by atoms with E-state index in [-0.39, 0.29) is 0 Å². The van der Waals surface area contributed by atoms with Gasteiger partial charge in [-0.3, -0.25) is 0 Å². The van der Waals surface area contributed by atoms with E-state index < -0.39 is 5.41 Å². The van der Waals surface area contributed by atoms with E-state index in [1.54, 1.807) is 0 Å². The van der Waals surface area contributed by atoms with Gasteiger partial charge in [0.25, 0.3) is 11.5 Å². The van der Waals surface area contributed by atoms with Crippen LogP contribution in [0.2, 0.25) is 0 Å². The van der Waals surface area contributed by atoms with Crippen molar-refractivity contribution < 1.29 is 10.2 Å². The molecule has 4 aromatic rings. The molecule has 0 heterocycles. The van der Waals surface area contributed by atoms with Crippen molar-refractivity contribution in [2.75, 3.05) is 0 Å². The largest absolute Gasteiger partial charge is 0.593 e. The van der Waals surface area contributed by atoms with E-state index in [2.05, 4.69) is 72.8 Å². The van der Waals surface area contributed by atoms with Gasteiger partial charge in [-0.15, -0.1) is 0 Å². The average molecular weight is 352 g/mol. The van der Waals surface area contributed by atoms with E-state index in [9.17, 15) is 0 Å². The second kappa shape index (κ2) is 5.75. The molecule has 27 heavy (non-hydrogen) atoms. The van der Waals surface area contributed by atoms with Gasteiger partial charge >= 0.3 is 0 Å². The van der Waals surface area contributed by atoms with Gasteiger partial charge in [0.1, 0.15) is 0 Å². The zero-order valence-electron chi connectivity index (χ0n) is 14.7. The minimum Gasteiger partial charge on any atom is -0.593 e. The number of hydrogen-bond donors (Lipinski definition) is 0. The third-order valence-corrected chi connectivity index (χ3v) is 5.59. The van der Waals surface area contributed by atoms with E-state index in [0.29, 0.717) is 11.5 Å². The van der Waals surface area contributed by atoms with E-state index in [4.69, 9.17) is 10.2 Å².